The van der Waals surface area contributed by atoms with Crippen LogP contribution in [0.4, 0.5) is 0 Å². The lowest BCUT2D eigenvalue weighted by molar-refractivity contribution is -0.134. The van der Waals surface area contributed by atoms with E-state index in [0.29, 0.717) is 11.3 Å². The highest BCUT2D eigenvalue weighted by Crippen LogP contribution is 2.44. The van der Waals surface area contributed by atoms with Gasteiger partial charge in [0, 0.05) is 24.8 Å². The predicted molar refractivity (Wildman–Crippen MR) is 79.0 cm³/mol. The van der Waals surface area contributed by atoms with E-state index in [2.05, 4.69) is 20.8 Å². The van der Waals surface area contributed by atoms with E-state index in [4.69, 9.17) is 0 Å². The number of hydrogen-bond acceptors (Lipinski definition) is 1. The molecule has 1 heterocycles. The molecule has 1 saturated heterocycles. The fourth-order valence-corrected chi connectivity index (χ4v) is 3.96. The second-order valence-electron chi connectivity index (χ2n) is 6.09. The van der Waals surface area contributed by atoms with Gasteiger partial charge in [0.1, 0.15) is 0 Å². The first-order valence-corrected chi connectivity index (χ1v) is 8.72. The first-order chi connectivity index (χ1) is 8.76. The molecule has 2 nitrogen and oxygen atoms in total. The van der Waals surface area contributed by atoms with Crippen LogP contribution in [0, 0.1) is 5.41 Å². The van der Waals surface area contributed by atoms with Gasteiger partial charge in [-0.2, -0.15) is 0 Å². The molecule has 1 aliphatic heterocycles. The second-order valence-corrected chi connectivity index (χ2v) is 6.88. The maximum Gasteiger partial charge on any atom is 0.222 e. The van der Waals surface area contributed by atoms with Gasteiger partial charge in [-0.25, -0.2) is 0 Å². The molecular weight excluding hydrogens is 290 g/mol. The van der Waals surface area contributed by atoms with Crippen LogP contribution in [-0.4, -0.2) is 29.2 Å². The molecule has 0 unspecified atom stereocenters. The highest BCUT2D eigenvalue weighted by atomic mass is 79.9. The Morgan fingerprint density at radius 1 is 1.00 bits per heavy atom. The second kappa shape index (κ2) is 6.93. The van der Waals surface area contributed by atoms with Crippen molar-refractivity contribution in [2.45, 2.75) is 64.2 Å². The van der Waals surface area contributed by atoms with Crippen molar-refractivity contribution >= 4 is 21.8 Å². The summed E-state index contributed by atoms with van der Waals surface area (Å²) in [7, 11) is 0. The lowest BCUT2D eigenvalue weighted by atomic mass is 9.68. The zero-order valence-corrected chi connectivity index (χ0v) is 13.0. The Morgan fingerprint density at radius 3 is 2.28 bits per heavy atom. The Morgan fingerprint density at radius 2 is 1.67 bits per heavy atom. The van der Waals surface area contributed by atoms with E-state index in [-0.39, 0.29) is 0 Å². The van der Waals surface area contributed by atoms with Crippen LogP contribution in [0.15, 0.2) is 0 Å². The van der Waals surface area contributed by atoms with E-state index < -0.39 is 0 Å². The Bertz CT molecular complexity index is 264. The molecular formula is C15H26BrNO. The van der Waals surface area contributed by atoms with E-state index in [9.17, 15) is 4.79 Å². The summed E-state index contributed by atoms with van der Waals surface area (Å²) in [4.78, 5) is 14.2. The van der Waals surface area contributed by atoms with Gasteiger partial charge in [0.2, 0.25) is 5.91 Å². The number of piperidine rings is 1. The molecule has 1 aliphatic carbocycles. The lowest BCUT2D eigenvalue weighted by Crippen LogP contribution is -2.43. The van der Waals surface area contributed by atoms with Crippen LogP contribution in [-0.2, 0) is 4.79 Å². The monoisotopic (exact) mass is 315 g/mol. The molecule has 2 rings (SSSR count). The van der Waals surface area contributed by atoms with E-state index in [0.717, 1.165) is 37.7 Å². The number of unbranched alkanes of at least 4 members (excludes halogenated alkanes) is 1. The molecule has 0 aromatic rings. The minimum absolute atomic E-state index is 0.390. The van der Waals surface area contributed by atoms with Gasteiger partial charge in [-0.05, 0) is 43.9 Å². The van der Waals surface area contributed by atoms with E-state index >= 15 is 0 Å². The van der Waals surface area contributed by atoms with Crippen LogP contribution < -0.4 is 0 Å². The number of amides is 1. The molecule has 0 aromatic heterocycles. The Hall–Kier alpha value is -0.0500. The molecule has 0 radical (unpaired) electrons. The van der Waals surface area contributed by atoms with Crippen molar-refractivity contribution in [3.05, 3.63) is 0 Å². The summed E-state index contributed by atoms with van der Waals surface area (Å²) in [6.45, 7) is 2.04. The third-order valence-electron chi connectivity index (χ3n) is 4.87. The molecule has 0 bridgehead atoms. The number of rotatable bonds is 4. The average Bonchev–Trinajstić information content (AvgIpc) is 2.41. The molecule has 0 aromatic carbocycles. The van der Waals surface area contributed by atoms with Crippen LogP contribution in [0.2, 0.25) is 0 Å². The van der Waals surface area contributed by atoms with Gasteiger partial charge >= 0.3 is 0 Å². The van der Waals surface area contributed by atoms with Gasteiger partial charge in [-0.1, -0.05) is 35.2 Å². The number of halogens is 1. The number of carbonyl (C=O) groups excluding carboxylic acids is 1. The van der Waals surface area contributed by atoms with Crippen LogP contribution in [0.25, 0.3) is 0 Å². The molecule has 3 heteroatoms. The van der Waals surface area contributed by atoms with Crippen LogP contribution >= 0.6 is 15.9 Å². The average molecular weight is 316 g/mol. The van der Waals surface area contributed by atoms with Crippen molar-refractivity contribution in [2.75, 3.05) is 18.4 Å². The van der Waals surface area contributed by atoms with E-state index in [1.165, 1.54) is 44.9 Å². The zero-order chi connectivity index (χ0) is 12.8. The molecule has 1 saturated carbocycles. The minimum atomic E-state index is 0.390. The Labute approximate surface area is 120 Å². The van der Waals surface area contributed by atoms with Crippen molar-refractivity contribution in [1.82, 2.24) is 4.90 Å². The summed E-state index contributed by atoms with van der Waals surface area (Å²) in [5, 5.41) is 1.02. The van der Waals surface area contributed by atoms with Crippen molar-refractivity contribution in [1.29, 1.82) is 0 Å². The number of likely N-dealkylation sites (tertiary alicyclic amines) is 1. The van der Waals surface area contributed by atoms with Crippen molar-refractivity contribution in [2.24, 2.45) is 5.41 Å². The maximum absolute atomic E-state index is 12.1. The minimum Gasteiger partial charge on any atom is -0.343 e. The summed E-state index contributed by atoms with van der Waals surface area (Å²) in [6.07, 6.45) is 12.5. The van der Waals surface area contributed by atoms with Gasteiger partial charge in [0.05, 0.1) is 0 Å². The summed E-state index contributed by atoms with van der Waals surface area (Å²) in [5.41, 5.74) is 0.616. The summed E-state index contributed by atoms with van der Waals surface area (Å²) < 4.78 is 0. The van der Waals surface area contributed by atoms with Crippen molar-refractivity contribution in [3.8, 4) is 0 Å². The fraction of sp³-hybridized carbons (Fsp3) is 0.933. The first kappa shape index (κ1) is 14.4. The van der Waals surface area contributed by atoms with E-state index in [1.807, 2.05) is 0 Å². The summed E-state index contributed by atoms with van der Waals surface area (Å²) in [6, 6.07) is 0. The van der Waals surface area contributed by atoms with Crippen LogP contribution in [0.3, 0.4) is 0 Å². The predicted octanol–water partition coefficient (Wildman–Crippen LogP) is 4.12. The van der Waals surface area contributed by atoms with Gasteiger partial charge in [0.15, 0.2) is 0 Å². The molecule has 18 heavy (non-hydrogen) atoms. The largest absolute Gasteiger partial charge is 0.343 e. The lowest BCUT2D eigenvalue weighted by Gasteiger charge is -2.44. The topological polar surface area (TPSA) is 20.3 Å². The molecule has 2 fully saturated rings. The number of alkyl halides is 1. The van der Waals surface area contributed by atoms with Gasteiger partial charge in [0.25, 0.3) is 0 Å². The molecule has 1 amide bonds. The Balaban J connectivity index is 1.73. The Kier molecular flexibility index (Phi) is 5.53. The first-order valence-electron chi connectivity index (χ1n) is 7.60. The van der Waals surface area contributed by atoms with Crippen molar-refractivity contribution in [3.63, 3.8) is 0 Å². The van der Waals surface area contributed by atoms with Gasteiger partial charge < -0.3 is 4.90 Å². The highest BCUT2D eigenvalue weighted by molar-refractivity contribution is 9.09. The van der Waals surface area contributed by atoms with Gasteiger partial charge in [-0.15, -0.1) is 0 Å². The SMILES string of the molecule is O=C(CCCCBr)N1CCC2(CCCCC2)CC1. The standard InChI is InChI=1S/C15H26BrNO/c16-11-5-2-6-14(18)17-12-9-15(10-13-17)7-3-1-4-8-15/h1-13H2. The van der Waals surface area contributed by atoms with Crippen LogP contribution in [0.1, 0.15) is 64.2 Å². The zero-order valence-electron chi connectivity index (χ0n) is 11.4. The molecule has 104 valence electrons. The fourth-order valence-electron chi connectivity index (χ4n) is 3.56. The number of carbonyl (C=O) groups is 1. The quantitative estimate of drug-likeness (QED) is 0.564. The highest BCUT2D eigenvalue weighted by Gasteiger charge is 2.36. The number of nitrogens with zero attached hydrogens (tertiary/aromatic N) is 1. The molecule has 1 spiro atoms. The summed E-state index contributed by atoms with van der Waals surface area (Å²) >= 11 is 3.42. The van der Waals surface area contributed by atoms with Gasteiger partial charge in [-0.3, -0.25) is 4.79 Å². The normalized spacial score (nSPS) is 23.3. The van der Waals surface area contributed by atoms with Crippen LogP contribution in [0.5, 0.6) is 0 Å². The third-order valence-corrected chi connectivity index (χ3v) is 5.43. The van der Waals surface area contributed by atoms with Crippen molar-refractivity contribution < 1.29 is 4.79 Å². The molecule has 2 aliphatic rings. The smallest absolute Gasteiger partial charge is 0.222 e. The third kappa shape index (κ3) is 3.72. The molecule has 0 N–H and O–H groups in total. The number of hydrogen-bond donors (Lipinski definition) is 0. The maximum atomic E-state index is 12.1. The summed E-state index contributed by atoms with van der Waals surface area (Å²) in [5.74, 6) is 0.390. The molecule has 0 atom stereocenters. The van der Waals surface area contributed by atoms with E-state index in [1.54, 1.807) is 0 Å².